The number of anilines is 1. The average molecular weight is 216 g/mol. The zero-order valence-corrected chi connectivity index (χ0v) is 9.59. The lowest BCUT2D eigenvalue weighted by Gasteiger charge is -2.22. The Morgan fingerprint density at radius 3 is 2.88 bits per heavy atom. The van der Waals surface area contributed by atoms with E-state index in [1.807, 2.05) is 32.2 Å². The number of benzene rings is 1. The molecule has 2 N–H and O–H groups in total. The second-order valence-corrected chi connectivity index (χ2v) is 4.10. The van der Waals surface area contributed by atoms with Gasteiger partial charge >= 0.3 is 0 Å². The summed E-state index contributed by atoms with van der Waals surface area (Å²) in [6.45, 7) is 2.79. The molecule has 0 bridgehead atoms. The molecule has 0 saturated carbocycles. The van der Waals surface area contributed by atoms with Crippen LogP contribution in [0.1, 0.15) is 6.92 Å². The molecule has 4 nitrogen and oxygen atoms in total. The highest BCUT2D eigenvalue weighted by Crippen LogP contribution is 2.22. The minimum absolute atomic E-state index is 0.136. The fourth-order valence-corrected chi connectivity index (χ4v) is 1.83. The zero-order chi connectivity index (χ0) is 11.5. The monoisotopic (exact) mass is 216 g/mol. The van der Waals surface area contributed by atoms with Crippen molar-refractivity contribution in [2.24, 2.45) is 5.73 Å². The summed E-state index contributed by atoms with van der Waals surface area (Å²) in [4.78, 5) is 2.11. The summed E-state index contributed by atoms with van der Waals surface area (Å²) < 4.78 is 0. The van der Waals surface area contributed by atoms with Gasteiger partial charge in [-0.15, -0.1) is 0 Å². The molecule has 1 unspecified atom stereocenters. The highest BCUT2D eigenvalue weighted by Gasteiger charge is 2.08. The molecule has 1 aromatic carbocycles. The van der Waals surface area contributed by atoms with Crippen LogP contribution in [0.3, 0.4) is 0 Å². The lowest BCUT2D eigenvalue weighted by molar-refractivity contribution is 0.717. The second kappa shape index (κ2) is 4.45. The molecule has 1 atom stereocenters. The molecule has 0 aliphatic heterocycles. The smallest absolute Gasteiger partial charge is 0.0950 e. The van der Waals surface area contributed by atoms with Crippen molar-refractivity contribution < 1.29 is 0 Å². The third kappa shape index (κ3) is 2.12. The van der Waals surface area contributed by atoms with E-state index in [0.717, 1.165) is 23.1 Å². The fourth-order valence-electron chi connectivity index (χ4n) is 1.83. The van der Waals surface area contributed by atoms with Gasteiger partial charge in [-0.2, -0.15) is 10.2 Å². The van der Waals surface area contributed by atoms with Crippen LogP contribution in [0.25, 0.3) is 10.9 Å². The van der Waals surface area contributed by atoms with Gasteiger partial charge in [0.05, 0.1) is 17.4 Å². The largest absolute Gasteiger partial charge is 0.371 e. The number of aromatic nitrogens is 2. The summed E-state index contributed by atoms with van der Waals surface area (Å²) in [5, 5.41) is 9.22. The Balaban J connectivity index is 2.44. The van der Waals surface area contributed by atoms with Crippen molar-refractivity contribution >= 4 is 16.6 Å². The van der Waals surface area contributed by atoms with E-state index >= 15 is 0 Å². The maximum Gasteiger partial charge on any atom is 0.0950 e. The first-order chi connectivity index (χ1) is 7.68. The third-order valence-electron chi connectivity index (χ3n) is 2.50. The number of nitrogens with two attached hydrogens (primary N) is 1. The van der Waals surface area contributed by atoms with Crippen molar-refractivity contribution in [2.45, 2.75) is 13.0 Å². The highest BCUT2D eigenvalue weighted by molar-refractivity contribution is 5.90. The Labute approximate surface area is 95.1 Å². The van der Waals surface area contributed by atoms with Gasteiger partial charge in [0, 0.05) is 25.0 Å². The normalized spacial score (nSPS) is 12.7. The van der Waals surface area contributed by atoms with Gasteiger partial charge in [0.25, 0.3) is 0 Å². The Morgan fingerprint density at radius 2 is 2.12 bits per heavy atom. The van der Waals surface area contributed by atoms with Gasteiger partial charge in [-0.1, -0.05) is 18.2 Å². The van der Waals surface area contributed by atoms with Crippen LogP contribution in [-0.4, -0.2) is 29.8 Å². The maximum atomic E-state index is 5.80. The maximum absolute atomic E-state index is 5.80. The first-order valence-electron chi connectivity index (χ1n) is 5.35. The van der Waals surface area contributed by atoms with E-state index in [1.54, 1.807) is 6.20 Å². The molecule has 84 valence electrons. The summed E-state index contributed by atoms with van der Waals surface area (Å²) in [7, 11) is 2.02. The van der Waals surface area contributed by atoms with Crippen molar-refractivity contribution in [3.63, 3.8) is 0 Å². The quantitative estimate of drug-likeness (QED) is 0.843. The minimum atomic E-state index is 0.136. The van der Waals surface area contributed by atoms with Gasteiger partial charge in [0.15, 0.2) is 0 Å². The minimum Gasteiger partial charge on any atom is -0.371 e. The number of nitrogens with zero attached hydrogens (tertiary/aromatic N) is 3. The number of hydrogen-bond donors (Lipinski definition) is 1. The molecular weight excluding hydrogens is 200 g/mol. The molecule has 0 radical (unpaired) electrons. The number of likely N-dealkylation sites (N-methyl/N-ethyl adjacent to an activating group) is 1. The van der Waals surface area contributed by atoms with E-state index in [4.69, 9.17) is 5.73 Å². The Bertz CT molecular complexity index is 476. The van der Waals surface area contributed by atoms with E-state index in [1.165, 1.54) is 0 Å². The summed E-state index contributed by atoms with van der Waals surface area (Å²) in [6, 6.07) is 8.12. The van der Waals surface area contributed by atoms with Gasteiger partial charge < -0.3 is 10.6 Å². The summed E-state index contributed by atoms with van der Waals surface area (Å²) in [5.41, 5.74) is 7.78. The Hall–Kier alpha value is -1.68. The molecule has 1 heterocycles. The predicted octanol–water partition coefficient (Wildman–Crippen LogP) is 1.41. The van der Waals surface area contributed by atoms with Gasteiger partial charge in [-0.3, -0.25) is 0 Å². The Kier molecular flexibility index (Phi) is 3.01. The first-order valence-corrected chi connectivity index (χ1v) is 5.35. The average Bonchev–Trinajstić information content (AvgIpc) is 2.27. The molecule has 2 rings (SSSR count). The van der Waals surface area contributed by atoms with Crippen LogP contribution in [-0.2, 0) is 0 Å². The van der Waals surface area contributed by atoms with Crippen molar-refractivity contribution in [3.05, 3.63) is 30.5 Å². The van der Waals surface area contributed by atoms with Crippen LogP contribution < -0.4 is 10.6 Å². The van der Waals surface area contributed by atoms with Gasteiger partial charge in [0.1, 0.15) is 0 Å². The lowest BCUT2D eigenvalue weighted by atomic mass is 10.2. The molecule has 4 heteroatoms. The zero-order valence-electron chi connectivity index (χ0n) is 9.59. The van der Waals surface area contributed by atoms with E-state index < -0.39 is 0 Å². The predicted molar refractivity (Wildman–Crippen MR) is 66.5 cm³/mol. The number of rotatable bonds is 3. The summed E-state index contributed by atoms with van der Waals surface area (Å²) in [5.74, 6) is 0. The van der Waals surface area contributed by atoms with E-state index in [0.29, 0.717) is 0 Å². The van der Waals surface area contributed by atoms with Crippen LogP contribution in [0, 0.1) is 0 Å². The van der Waals surface area contributed by atoms with Gasteiger partial charge in [-0.25, -0.2) is 0 Å². The van der Waals surface area contributed by atoms with Gasteiger partial charge in [0.2, 0.25) is 0 Å². The number of hydrogen-bond acceptors (Lipinski definition) is 4. The molecule has 0 spiro atoms. The summed E-state index contributed by atoms with van der Waals surface area (Å²) in [6.07, 6.45) is 1.78. The SMILES string of the molecule is CC(N)CN(C)c1cnnc2ccccc12. The third-order valence-corrected chi connectivity index (χ3v) is 2.50. The highest BCUT2D eigenvalue weighted by atomic mass is 15.2. The fraction of sp³-hybridized carbons (Fsp3) is 0.333. The van der Waals surface area contributed by atoms with Crippen LogP contribution in [0.15, 0.2) is 30.5 Å². The molecule has 0 fully saturated rings. The van der Waals surface area contributed by atoms with Gasteiger partial charge in [-0.05, 0) is 13.0 Å². The molecule has 1 aromatic heterocycles. The Morgan fingerprint density at radius 1 is 1.38 bits per heavy atom. The van der Waals surface area contributed by atoms with Crippen LogP contribution >= 0.6 is 0 Å². The number of fused-ring (bicyclic) bond motifs is 1. The van der Waals surface area contributed by atoms with E-state index in [9.17, 15) is 0 Å². The summed E-state index contributed by atoms with van der Waals surface area (Å²) >= 11 is 0. The molecule has 2 aromatic rings. The van der Waals surface area contributed by atoms with Crippen molar-refractivity contribution in [1.82, 2.24) is 10.2 Å². The molecule has 0 saturated heterocycles. The molecular formula is C12H16N4. The topological polar surface area (TPSA) is 55.0 Å². The van der Waals surface area contributed by atoms with Crippen LogP contribution in [0.4, 0.5) is 5.69 Å². The molecule has 0 amide bonds. The second-order valence-electron chi connectivity index (χ2n) is 4.10. The van der Waals surface area contributed by atoms with Crippen LogP contribution in [0.2, 0.25) is 0 Å². The lowest BCUT2D eigenvalue weighted by Crippen LogP contribution is -2.32. The van der Waals surface area contributed by atoms with Crippen molar-refractivity contribution in [1.29, 1.82) is 0 Å². The van der Waals surface area contributed by atoms with Crippen molar-refractivity contribution in [3.8, 4) is 0 Å². The van der Waals surface area contributed by atoms with E-state index in [2.05, 4.69) is 21.2 Å². The molecule has 16 heavy (non-hydrogen) atoms. The molecule has 0 aliphatic carbocycles. The first kappa shape index (κ1) is 10.8. The molecule has 0 aliphatic rings. The standard InChI is InChI=1S/C12H16N4/c1-9(13)8-16(2)12-7-14-15-11-6-4-3-5-10(11)12/h3-7,9H,8,13H2,1-2H3. The van der Waals surface area contributed by atoms with E-state index in [-0.39, 0.29) is 6.04 Å². The van der Waals surface area contributed by atoms with Crippen LogP contribution in [0.5, 0.6) is 0 Å². The van der Waals surface area contributed by atoms with Crippen molar-refractivity contribution in [2.75, 3.05) is 18.5 Å².